The van der Waals surface area contributed by atoms with E-state index >= 15 is 0 Å². The monoisotopic (exact) mass is 290 g/mol. The Morgan fingerprint density at radius 3 is 1.57 bits per heavy atom. The molecule has 0 rings (SSSR count). The summed E-state index contributed by atoms with van der Waals surface area (Å²) in [5.41, 5.74) is 0. The molecular weight excluding hydrogens is 273 g/mol. The first-order valence-electron chi connectivity index (χ1n) is 4.45. The minimum atomic E-state index is -2.97. The van der Waals surface area contributed by atoms with Crippen LogP contribution in [0.15, 0.2) is 0 Å². The van der Waals surface area contributed by atoms with Gasteiger partial charge in [-0.1, -0.05) is 27.7 Å². The Morgan fingerprint density at radius 1 is 1.07 bits per heavy atom. The molecule has 0 aliphatic rings. The van der Waals surface area contributed by atoms with Crippen molar-refractivity contribution in [2.45, 2.75) is 27.7 Å². The van der Waals surface area contributed by atoms with Crippen molar-refractivity contribution in [3.8, 4) is 0 Å². The second-order valence-electron chi connectivity index (χ2n) is 3.85. The van der Waals surface area contributed by atoms with E-state index in [-0.39, 0.29) is 19.5 Å². The molecule has 14 heavy (non-hydrogen) atoms. The van der Waals surface area contributed by atoms with Crippen molar-refractivity contribution >= 4 is 18.5 Å². The number of rotatable bonds is 6. The summed E-state index contributed by atoms with van der Waals surface area (Å²) in [6, 6.07) is 0. The van der Waals surface area contributed by atoms with E-state index in [2.05, 4.69) is 0 Å². The normalized spacial score (nSPS) is 11.9. The van der Waals surface area contributed by atoms with Crippen LogP contribution in [0, 0.1) is 11.8 Å². The third kappa shape index (κ3) is 11.2. The summed E-state index contributed by atoms with van der Waals surface area (Å²) in [6.45, 7) is 5.92. The molecule has 0 bridgehead atoms. The van der Waals surface area contributed by atoms with Crippen LogP contribution in [0.3, 0.4) is 0 Å². The molecule has 0 aromatic carbocycles. The molecule has 0 heterocycles. The average Bonchev–Trinajstić information content (AvgIpc) is 1.98. The Morgan fingerprint density at radius 2 is 1.36 bits per heavy atom. The van der Waals surface area contributed by atoms with Crippen LogP contribution < -0.4 is 0 Å². The summed E-state index contributed by atoms with van der Waals surface area (Å²) in [5, 5.41) is 0. The summed E-state index contributed by atoms with van der Waals surface area (Å²) in [4.78, 5) is 9.49. The summed E-state index contributed by atoms with van der Waals surface area (Å²) >= 11 is 4.80. The fourth-order valence-corrected chi connectivity index (χ4v) is 1.94. The van der Waals surface area contributed by atoms with Crippen molar-refractivity contribution in [1.82, 2.24) is 0 Å². The van der Waals surface area contributed by atoms with Gasteiger partial charge < -0.3 is 13.9 Å². The van der Waals surface area contributed by atoms with Crippen molar-refractivity contribution in [3.05, 3.63) is 0 Å². The van der Waals surface area contributed by atoms with Crippen molar-refractivity contribution in [3.63, 3.8) is 0 Å². The zero-order chi connectivity index (χ0) is 10.5. The van der Waals surface area contributed by atoms with Gasteiger partial charge in [-0.3, -0.25) is 0 Å². The largest absolute Gasteiger partial charge is 0.324 e. The minimum Gasteiger partial charge on any atom is -0.324 e. The van der Waals surface area contributed by atoms with Crippen molar-refractivity contribution < 1.29 is 33.4 Å². The van der Waals surface area contributed by atoms with Crippen LogP contribution in [-0.2, 0) is 40.3 Å². The van der Waals surface area contributed by atoms with Gasteiger partial charge in [0.1, 0.15) is 0 Å². The van der Waals surface area contributed by atoms with Gasteiger partial charge >= 0.3 is 6.72 Å². The van der Waals surface area contributed by atoms with Gasteiger partial charge in [0.2, 0.25) is 0 Å². The van der Waals surface area contributed by atoms with Crippen LogP contribution in [0.5, 0.6) is 0 Å². The van der Waals surface area contributed by atoms with Gasteiger partial charge in [0.25, 0.3) is 0 Å². The maximum Gasteiger partial charge on any atom is 0.324 e. The first-order chi connectivity index (χ1) is 5.83. The van der Waals surface area contributed by atoms with Crippen LogP contribution in [0.4, 0.5) is 0 Å². The quantitative estimate of drug-likeness (QED) is 0.603. The van der Waals surface area contributed by atoms with Gasteiger partial charge in [0.05, 0.1) is 13.2 Å². The minimum absolute atomic E-state index is 0. The third-order valence-corrected chi connectivity index (χ3v) is 2.73. The Bertz CT molecular complexity index is 171. The first kappa shape index (κ1) is 17.5. The molecule has 0 saturated carbocycles. The second kappa shape index (κ2) is 8.32. The molecule has 0 spiro atoms. The average molecular weight is 292 g/mol. The number of hydrogen-bond donors (Lipinski definition) is 1. The smallest absolute Gasteiger partial charge is 0.324 e. The van der Waals surface area contributed by atoms with Gasteiger partial charge in [-0.05, 0) is 23.6 Å². The molecule has 0 atom stereocenters. The van der Waals surface area contributed by atoms with E-state index in [4.69, 9.17) is 20.9 Å². The summed E-state index contributed by atoms with van der Waals surface area (Å²) in [7, 11) is 0. The molecule has 0 radical (unpaired) electrons. The van der Waals surface area contributed by atoms with Gasteiger partial charge in [-0.2, -0.15) is 0 Å². The van der Waals surface area contributed by atoms with E-state index in [9.17, 15) is 4.89 Å². The molecule has 0 aromatic heterocycles. The zero-order valence-corrected chi connectivity index (χ0v) is 14.1. The van der Waals surface area contributed by atoms with E-state index < -0.39 is 6.72 Å². The Kier molecular flexibility index (Phi) is 10.4. The van der Waals surface area contributed by atoms with Crippen LogP contribution in [0.25, 0.3) is 0 Å². The van der Waals surface area contributed by atoms with E-state index in [0.29, 0.717) is 25.0 Å². The molecule has 1 N–H and O–H groups in total. The van der Waals surface area contributed by atoms with Gasteiger partial charge in [-0.15, -0.1) is 0 Å². The molecule has 0 unspecified atom stereocenters. The maximum absolute atomic E-state index is 9.49. The molecule has 0 amide bonds. The fraction of sp³-hybridized carbons (Fsp3) is 1.00. The van der Waals surface area contributed by atoms with Crippen LogP contribution in [0.1, 0.15) is 27.7 Å². The summed E-state index contributed by atoms with van der Waals surface area (Å²) in [6.07, 6.45) is 0. The molecular formula is C8H19O3PSZn. The van der Waals surface area contributed by atoms with Crippen LogP contribution >= 0.6 is 6.72 Å². The SMILES string of the molecule is CC(C)COP(O)(=S)OCC(C)C.[Zn]. The molecule has 6 heteroatoms. The Hall–Kier alpha value is 1.15. The van der Waals surface area contributed by atoms with Crippen molar-refractivity contribution in [2.75, 3.05) is 13.2 Å². The topological polar surface area (TPSA) is 38.7 Å². The first-order valence-corrected chi connectivity index (χ1v) is 7.04. The van der Waals surface area contributed by atoms with Crippen LogP contribution in [0.2, 0.25) is 0 Å². The van der Waals surface area contributed by atoms with E-state index in [0.717, 1.165) is 0 Å². The fourth-order valence-electron chi connectivity index (χ4n) is 0.524. The molecule has 3 nitrogen and oxygen atoms in total. The predicted octanol–water partition coefficient (Wildman–Crippen LogP) is 2.55. The van der Waals surface area contributed by atoms with Crippen molar-refractivity contribution in [1.29, 1.82) is 0 Å². The van der Waals surface area contributed by atoms with E-state index in [1.165, 1.54) is 0 Å². The molecule has 82 valence electrons. The molecule has 0 aliphatic heterocycles. The van der Waals surface area contributed by atoms with Gasteiger partial charge in [-0.25, -0.2) is 0 Å². The predicted molar refractivity (Wildman–Crippen MR) is 58.1 cm³/mol. The standard InChI is InChI=1S/C8H19O3PS.Zn/c1-7(2)5-10-12(9,13)11-6-8(3)4;/h7-8H,5-6H2,1-4H3,(H,9,13);. The van der Waals surface area contributed by atoms with E-state index in [1.807, 2.05) is 27.7 Å². The zero-order valence-electron chi connectivity index (χ0n) is 9.40. The summed E-state index contributed by atoms with van der Waals surface area (Å²) in [5.74, 6) is 0.717. The Balaban J connectivity index is 0. The molecule has 0 saturated heterocycles. The Labute approximate surface area is 105 Å². The summed E-state index contributed by atoms with van der Waals surface area (Å²) < 4.78 is 10.2. The molecule has 0 fully saturated rings. The molecule has 0 aliphatic carbocycles. The van der Waals surface area contributed by atoms with Crippen molar-refractivity contribution in [2.24, 2.45) is 11.8 Å². The second-order valence-corrected chi connectivity index (χ2v) is 6.69. The van der Waals surface area contributed by atoms with Crippen LogP contribution in [-0.4, -0.2) is 18.1 Å². The maximum atomic E-state index is 9.49. The third-order valence-electron chi connectivity index (χ3n) is 1.14. The van der Waals surface area contributed by atoms with Gasteiger partial charge in [0, 0.05) is 19.5 Å². The molecule has 0 aromatic rings. The number of hydrogen-bond acceptors (Lipinski definition) is 3. The van der Waals surface area contributed by atoms with Gasteiger partial charge in [0.15, 0.2) is 0 Å². The van der Waals surface area contributed by atoms with E-state index in [1.54, 1.807) is 0 Å².